The topological polar surface area (TPSA) is 38.7 Å². The van der Waals surface area contributed by atoms with Crippen LogP contribution in [0.15, 0.2) is 10.5 Å². The number of rotatable bonds is 1. The number of benzene rings is 1. The maximum absolute atomic E-state index is 9.15. The average molecular weight is 245 g/mol. The highest BCUT2D eigenvalue weighted by Crippen LogP contribution is 2.40. The lowest BCUT2D eigenvalue weighted by Crippen LogP contribution is -1.95. The molecule has 1 aromatic rings. The molecule has 1 N–H and O–H groups in total. The summed E-state index contributed by atoms with van der Waals surface area (Å²) in [4.78, 5) is 0. The van der Waals surface area contributed by atoms with E-state index in [0.29, 0.717) is 11.5 Å². The fourth-order valence-corrected chi connectivity index (χ4v) is 1.81. The van der Waals surface area contributed by atoms with Crippen molar-refractivity contribution >= 4 is 15.9 Å². The molecule has 0 amide bonds. The average Bonchev–Trinajstić information content (AvgIpc) is 2.54. The molecule has 1 heterocycles. The zero-order valence-corrected chi connectivity index (χ0v) is 8.72. The van der Waals surface area contributed by atoms with Crippen molar-refractivity contribution in [2.24, 2.45) is 0 Å². The first-order valence-electron chi connectivity index (χ1n) is 3.92. The van der Waals surface area contributed by atoms with E-state index in [2.05, 4.69) is 15.9 Å². The number of ether oxygens (including phenoxy) is 2. The van der Waals surface area contributed by atoms with Crippen molar-refractivity contribution in [3.05, 3.63) is 21.7 Å². The van der Waals surface area contributed by atoms with E-state index in [4.69, 9.17) is 14.6 Å². The van der Waals surface area contributed by atoms with Crippen LogP contribution in [0.3, 0.4) is 0 Å². The summed E-state index contributed by atoms with van der Waals surface area (Å²) in [6, 6.07) is 1.86. The van der Waals surface area contributed by atoms with Gasteiger partial charge >= 0.3 is 0 Å². The molecule has 0 atom stereocenters. The van der Waals surface area contributed by atoms with E-state index in [1.807, 2.05) is 13.0 Å². The molecule has 0 spiro atoms. The summed E-state index contributed by atoms with van der Waals surface area (Å²) in [5.41, 5.74) is 1.79. The SMILES string of the molecule is Cc1c(Br)cc2c(c1CO)OCO2. The van der Waals surface area contributed by atoms with Crippen molar-refractivity contribution in [2.45, 2.75) is 13.5 Å². The molecule has 0 unspecified atom stereocenters. The molecule has 0 radical (unpaired) electrons. The van der Waals surface area contributed by atoms with Gasteiger partial charge < -0.3 is 14.6 Å². The van der Waals surface area contributed by atoms with Gasteiger partial charge in [-0.1, -0.05) is 15.9 Å². The van der Waals surface area contributed by atoms with Gasteiger partial charge in [0, 0.05) is 10.0 Å². The largest absolute Gasteiger partial charge is 0.454 e. The standard InChI is InChI=1S/C9H9BrO3/c1-5-6(3-11)9-8(2-7(5)10)12-4-13-9/h2,11H,3-4H2,1H3. The fourth-order valence-electron chi connectivity index (χ4n) is 1.36. The molecule has 0 bridgehead atoms. The monoisotopic (exact) mass is 244 g/mol. The maximum atomic E-state index is 9.15. The predicted molar refractivity (Wildman–Crippen MR) is 50.9 cm³/mol. The van der Waals surface area contributed by atoms with Crippen LogP contribution in [0.2, 0.25) is 0 Å². The summed E-state index contributed by atoms with van der Waals surface area (Å²) in [7, 11) is 0. The highest BCUT2D eigenvalue weighted by molar-refractivity contribution is 9.10. The van der Waals surface area contributed by atoms with Crippen LogP contribution in [0, 0.1) is 6.92 Å². The van der Waals surface area contributed by atoms with Gasteiger partial charge in [-0.3, -0.25) is 0 Å². The highest BCUT2D eigenvalue weighted by Gasteiger charge is 2.20. The Balaban J connectivity index is 2.64. The minimum atomic E-state index is -0.0308. The van der Waals surface area contributed by atoms with E-state index in [0.717, 1.165) is 15.6 Å². The third kappa shape index (κ3) is 1.30. The maximum Gasteiger partial charge on any atom is 0.231 e. The fraction of sp³-hybridized carbons (Fsp3) is 0.333. The quantitative estimate of drug-likeness (QED) is 0.822. The van der Waals surface area contributed by atoms with Gasteiger partial charge in [-0.05, 0) is 18.6 Å². The Bertz CT molecular complexity index is 349. The zero-order valence-electron chi connectivity index (χ0n) is 7.13. The van der Waals surface area contributed by atoms with Gasteiger partial charge in [0.05, 0.1) is 6.61 Å². The number of hydrogen-bond acceptors (Lipinski definition) is 3. The van der Waals surface area contributed by atoms with E-state index in [-0.39, 0.29) is 13.4 Å². The van der Waals surface area contributed by atoms with Gasteiger partial charge in [0.25, 0.3) is 0 Å². The second-order valence-corrected chi connectivity index (χ2v) is 3.71. The van der Waals surface area contributed by atoms with Crippen molar-refractivity contribution in [2.75, 3.05) is 6.79 Å². The van der Waals surface area contributed by atoms with Crippen LogP contribution in [0.4, 0.5) is 0 Å². The molecule has 1 aliphatic heterocycles. The Morgan fingerprint density at radius 2 is 2.31 bits per heavy atom. The van der Waals surface area contributed by atoms with E-state index in [1.165, 1.54) is 0 Å². The lowest BCUT2D eigenvalue weighted by atomic mass is 10.1. The number of halogens is 1. The molecule has 1 aromatic carbocycles. The summed E-state index contributed by atoms with van der Waals surface area (Å²) in [6.45, 7) is 2.13. The molecule has 0 saturated carbocycles. The third-order valence-electron chi connectivity index (χ3n) is 2.14. The minimum Gasteiger partial charge on any atom is -0.454 e. The summed E-state index contributed by atoms with van der Waals surface area (Å²) in [5.74, 6) is 1.37. The molecule has 3 nitrogen and oxygen atoms in total. The Labute approximate surface area is 84.4 Å². The molecule has 70 valence electrons. The minimum absolute atomic E-state index is 0.0308. The van der Waals surface area contributed by atoms with E-state index in [9.17, 15) is 0 Å². The first-order chi connectivity index (χ1) is 6.24. The van der Waals surface area contributed by atoms with Crippen molar-refractivity contribution in [3.63, 3.8) is 0 Å². The van der Waals surface area contributed by atoms with Crippen molar-refractivity contribution in [1.29, 1.82) is 0 Å². The molecule has 0 saturated heterocycles. The van der Waals surface area contributed by atoms with Crippen LogP contribution in [0.5, 0.6) is 11.5 Å². The Hall–Kier alpha value is -0.740. The lowest BCUT2D eigenvalue weighted by Gasteiger charge is -2.08. The van der Waals surface area contributed by atoms with Gasteiger partial charge in [0.15, 0.2) is 11.5 Å². The van der Waals surface area contributed by atoms with Gasteiger partial charge in [0.1, 0.15) is 0 Å². The summed E-state index contributed by atoms with van der Waals surface area (Å²) < 4.78 is 11.4. The van der Waals surface area contributed by atoms with E-state index >= 15 is 0 Å². The first-order valence-corrected chi connectivity index (χ1v) is 4.71. The molecule has 2 rings (SSSR count). The summed E-state index contributed by atoms with van der Waals surface area (Å²) in [6.07, 6.45) is 0. The molecule has 13 heavy (non-hydrogen) atoms. The second-order valence-electron chi connectivity index (χ2n) is 2.85. The molecular formula is C9H9BrO3. The van der Waals surface area contributed by atoms with Crippen molar-refractivity contribution < 1.29 is 14.6 Å². The molecule has 4 heteroatoms. The normalized spacial score (nSPS) is 13.5. The van der Waals surface area contributed by atoms with Crippen molar-refractivity contribution in [3.8, 4) is 11.5 Å². The second kappa shape index (κ2) is 3.20. The van der Waals surface area contributed by atoms with Crippen LogP contribution in [-0.2, 0) is 6.61 Å². The molecular weight excluding hydrogens is 236 g/mol. The van der Waals surface area contributed by atoms with Gasteiger partial charge in [-0.2, -0.15) is 0 Å². The summed E-state index contributed by atoms with van der Waals surface area (Å²) in [5, 5.41) is 9.15. The van der Waals surface area contributed by atoms with Crippen LogP contribution in [0.1, 0.15) is 11.1 Å². The predicted octanol–water partition coefficient (Wildman–Crippen LogP) is 1.98. The number of fused-ring (bicyclic) bond motifs is 1. The lowest BCUT2D eigenvalue weighted by molar-refractivity contribution is 0.171. The summed E-state index contributed by atoms with van der Waals surface area (Å²) >= 11 is 3.39. The number of aliphatic hydroxyl groups excluding tert-OH is 1. The highest BCUT2D eigenvalue weighted by atomic mass is 79.9. The zero-order chi connectivity index (χ0) is 9.42. The third-order valence-corrected chi connectivity index (χ3v) is 2.97. The van der Waals surface area contributed by atoms with Gasteiger partial charge in [0.2, 0.25) is 6.79 Å². The smallest absolute Gasteiger partial charge is 0.231 e. The Morgan fingerprint density at radius 3 is 3.00 bits per heavy atom. The van der Waals surface area contributed by atoms with Crippen LogP contribution >= 0.6 is 15.9 Å². The van der Waals surface area contributed by atoms with Crippen LogP contribution in [-0.4, -0.2) is 11.9 Å². The van der Waals surface area contributed by atoms with Gasteiger partial charge in [-0.25, -0.2) is 0 Å². The Morgan fingerprint density at radius 1 is 1.54 bits per heavy atom. The molecule has 1 aliphatic rings. The number of hydrogen-bond donors (Lipinski definition) is 1. The van der Waals surface area contributed by atoms with E-state index in [1.54, 1.807) is 0 Å². The van der Waals surface area contributed by atoms with Gasteiger partial charge in [-0.15, -0.1) is 0 Å². The van der Waals surface area contributed by atoms with Crippen molar-refractivity contribution in [1.82, 2.24) is 0 Å². The van der Waals surface area contributed by atoms with Crippen LogP contribution in [0.25, 0.3) is 0 Å². The van der Waals surface area contributed by atoms with Crippen LogP contribution < -0.4 is 9.47 Å². The first kappa shape index (κ1) is 8.84. The molecule has 0 aliphatic carbocycles. The molecule has 0 aromatic heterocycles. The molecule has 0 fully saturated rings. The van der Waals surface area contributed by atoms with E-state index < -0.39 is 0 Å². The number of aliphatic hydroxyl groups is 1. The Kier molecular flexibility index (Phi) is 2.17.